The first-order valence-corrected chi connectivity index (χ1v) is 9.87. The Morgan fingerprint density at radius 1 is 1.17 bits per heavy atom. The molecule has 1 aliphatic rings. The maximum atomic E-state index is 13.0. The number of carbonyl (C=O) groups excluding carboxylic acids is 1. The Kier molecular flexibility index (Phi) is 8.52. The molecule has 3 rings (SSSR count). The van der Waals surface area contributed by atoms with E-state index in [2.05, 4.69) is 41.4 Å². The fraction of sp³-hybridized carbons (Fsp3) is 0.391. The van der Waals surface area contributed by atoms with Crippen molar-refractivity contribution in [3.63, 3.8) is 0 Å². The van der Waals surface area contributed by atoms with Gasteiger partial charge in [0.05, 0.1) is 17.6 Å². The van der Waals surface area contributed by atoms with E-state index in [1.165, 1.54) is 11.1 Å². The number of likely N-dealkylation sites (tertiary alicyclic amines) is 1. The van der Waals surface area contributed by atoms with E-state index in [1.54, 1.807) is 24.3 Å². The molecule has 0 aromatic heterocycles. The SMILES string of the molecule is Cc1cccc(CN2CCCC[C@@H]2C(=O)N[C@@H](C)c2ccc(C(=O)O)cc2)c1.[LiH]. The van der Waals surface area contributed by atoms with E-state index in [4.69, 9.17) is 5.11 Å². The summed E-state index contributed by atoms with van der Waals surface area (Å²) in [6.45, 7) is 5.72. The number of carboxylic acids is 1. The number of aryl methyl sites for hydroxylation is 1. The average Bonchev–Trinajstić information content (AvgIpc) is 2.68. The molecule has 29 heavy (non-hydrogen) atoms. The number of nitrogens with zero attached hydrogens (tertiary/aromatic N) is 1. The first-order valence-electron chi connectivity index (χ1n) is 9.87. The molecule has 1 fully saturated rings. The molecule has 2 N–H and O–H groups in total. The Hall–Kier alpha value is -2.06. The molecule has 0 aliphatic carbocycles. The summed E-state index contributed by atoms with van der Waals surface area (Å²) in [6, 6.07) is 14.8. The molecule has 5 nitrogen and oxygen atoms in total. The Balaban J connectivity index is 0.00000300. The minimum atomic E-state index is -0.947. The molecule has 2 atom stereocenters. The standard InChI is InChI=1S/C23H28N2O3.Li.H/c1-16-6-5-7-18(14-16)15-25-13-4-3-8-21(25)22(26)24-17(2)19-9-11-20(12-10-19)23(27)28;;/h5-7,9-12,14,17,21H,3-4,8,13,15H2,1-2H3,(H,24,26)(H,27,28);;/t17-,21+;;/m0../s1. The number of hydrogen-bond donors (Lipinski definition) is 2. The number of nitrogens with one attached hydrogen (secondary N) is 1. The van der Waals surface area contributed by atoms with E-state index in [-0.39, 0.29) is 42.4 Å². The van der Waals surface area contributed by atoms with Crippen LogP contribution in [0.1, 0.15) is 59.3 Å². The van der Waals surface area contributed by atoms with Crippen molar-refractivity contribution in [2.45, 2.75) is 51.7 Å². The van der Waals surface area contributed by atoms with Crippen LogP contribution >= 0.6 is 0 Å². The predicted molar refractivity (Wildman–Crippen MR) is 116 cm³/mol. The number of rotatable bonds is 6. The average molecular weight is 388 g/mol. The zero-order valence-electron chi connectivity index (χ0n) is 16.5. The van der Waals surface area contributed by atoms with Gasteiger partial charge in [-0.3, -0.25) is 9.69 Å². The minimum absolute atomic E-state index is 0. The second-order valence-electron chi connectivity index (χ2n) is 7.63. The Morgan fingerprint density at radius 2 is 1.90 bits per heavy atom. The summed E-state index contributed by atoms with van der Waals surface area (Å²) in [6.07, 6.45) is 3.04. The number of aromatic carboxylic acids is 1. The zero-order chi connectivity index (χ0) is 20.1. The van der Waals surface area contributed by atoms with Crippen LogP contribution in [0, 0.1) is 6.92 Å². The third-order valence-electron chi connectivity index (χ3n) is 5.40. The second-order valence-corrected chi connectivity index (χ2v) is 7.63. The number of piperidine rings is 1. The van der Waals surface area contributed by atoms with E-state index >= 15 is 0 Å². The van der Waals surface area contributed by atoms with Gasteiger partial charge in [-0.2, -0.15) is 0 Å². The van der Waals surface area contributed by atoms with Crippen molar-refractivity contribution in [2.24, 2.45) is 0 Å². The molecular formula is C23H29LiN2O3. The van der Waals surface area contributed by atoms with E-state index in [9.17, 15) is 9.59 Å². The van der Waals surface area contributed by atoms with Crippen LogP contribution in [0.4, 0.5) is 0 Å². The van der Waals surface area contributed by atoms with Gasteiger partial charge in [0, 0.05) is 6.54 Å². The molecule has 6 heteroatoms. The van der Waals surface area contributed by atoms with E-state index in [0.29, 0.717) is 0 Å². The van der Waals surface area contributed by atoms with Gasteiger partial charge in [-0.15, -0.1) is 0 Å². The van der Waals surface area contributed by atoms with E-state index in [0.717, 1.165) is 37.9 Å². The maximum absolute atomic E-state index is 13.0. The van der Waals surface area contributed by atoms with Gasteiger partial charge in [-0.1, -0.05) is 48.4 Å². The van der Waals surface area contributed by atoms with Gasteiger partial charge in [0.2, 0.25) is 5.91 Å². The monoisotopic (exact) mass is 388 g/mol. The summed E-state index contributed by atoms with van der Waals surface area (Å²) < 4.78 is 0. The van der Waals surface area contributed by atoms with Gasteiger partial charge in [-0.25, -0.2) is 4.79 Å². The van der Waals surface area contributed by atoms with Crippen LogP contribution in [0.2, 0.25) is 0 Å². The van der Waals surface area contributed by atoms with Crippen LogP contribution in [0.5, 0.6) is 0 Å². The van der Waals surface area contributed by atoms with Crippen LogP contribution in [0.15, 0.2) is 48.5 Å². The number of hydrogen-bond acceptors (Lipinski definition) is 3. The molecule has 1 aliphatic heterocycles. The van der Waals surface area contributed by atoms with Crippen molar-refractivity contribution < 1.29 is 14.7 Å². The molecule has 0 radical (unpaired) electrons. The molecule has 0 unspecified atom stereocenters. The quantitative estimate of drug-likeness (QED) is 0.745. The topological polar surface area (TPSA) is 69.6 Å². The molecule has 0 saturated carbocycles. The van der Waals surface area contributed by atoms with Crippen LogP contribution in [-0.2, 0) is 11.3 Å². The van der Waals surface area contributed by atoms with Gasteiger partial charge >= 0.3 is 24.8 Å². The molecule has 2 aromatic rings. The molecule has 2 aromatic carbocycles. The fourth-order valence-electron chi connectivity index (χ4n) is 3.83. The van der Waals surface area contributed by atoms with Crippen molar-refractivity contribution >= 4 is 30.7 Å². The summed E-state index contributed by atoms with van der Waals surface area (Å²) in [4.78, 5) is 26.2. The van der Waals surface area contributed by atoms with Crippen molar-refractivity contribution in [1.82, 2.24) is 10.2 Å². The normalized spacial score (nSPS) is 17.8. The van der Waals surface area contributed by atoms with Gasteiger partial charge in [0.15, 0.2) is 0 Å². The third kappa shape index (κ3) is 6.21. The van der Waals surface area contributed by atoms with Gasteiger partial charge in [0.1, 0.15) is 0 Å². The molecule has 1 amide bonds. The zero-order valence-corrected chi connectivity index (χ0v) is 16.5. The van der Waals surface area contributed by atoms with E-state index in [1.807, 2.05) is 6.92 Å². The second kappa shape index (κ2) is 10.6. The molecular weight excluding hydrogens is 359 g/mol. The fourth-order valence-corrected chi connectivity index (χ4v) is 3.83. The molecule has 1 saturated heterocycles. The Labute approximate surface area is 184 Å². The van der Waals surface area contributed by atoms with Crippen LogP contribution < -0.4 is 5.32 Å². The van der Waals surface area contributed by atoms with Crippen LogP contribution in [0.25, 0.3) is 0 Å². The van der Waals surface area contributed by atoms with Crippen molar-refractivity contribution in [3.8, 4) is 0 Å². The Bertz CT molecular complexity index is 838. The number of carbonyl (C=O) groups is 2. The first-order chi connectivity index (χ1) is 13.4. The van der Waals surface area contributed by atoms with Gasteiger partial charge < -0.3 is 10.4 Å². The van der Waals surface area contributed by atoms with E-state index < -0.39 is 5.97 Å². The molecule has 0 spiro atoms. The molecule has 1 heterocycles. The summed E-state index contributed by atoms with van der Waals surface area (Å²) >= 11 is 0. The van der Waals surface area contributed by atoms with Gasteiger partial charge in [-0.05, 0) is 56.5 Å². The molecule has 150 valence electrons. The first kappa shape index (κ1) is 23.2. The van der Waals surface area contributed by atoms with Crippen molar-refractivity contribution in [2.75, 3.05) is 6.54 Å². The molecule has 0 bridgehead atoms. The number of carboxylic acid groups (broad SMARTS) is 1. The predicted octanol–water partition coefficient (Wildman–Crippen LogP) is 3.28. The summed E-state index contributed by atoms with van der Waals surface area (Å²) in [7, 11) is 0. The number of amides is 1. The summed E-state index contributed by atoms with van der Waals surface area (Å²) in [5.41, 5.74) is 3.62. The van der Waals surface area contributed by atoms with Crippen LogP contribution in [0.3, 0.4) is 0 Å². The Morgan fingerprint density at radius 3 is 2.55 bits per heavy atom. The van der Waals surface area contributed by atoms with Gasteiger partial charge in [0.25, 0.3) is 0 Å². The van der Waals surface area contributed by atoms with Crippen LogP contribution in [-0.4, -0.2) is 53.3 Å². The van der Waals surface area contributed by atoms with Crippen molar-refractivity contribution in [3.05, 3.63) is 70.8 Å². The summed E-state index contributed by atoms with van der Waals surface area (Å²) in [5.74, 6) is -0.903. The third-order valence-corrected chi connectivity index (χ3v) is 5.40. The summed E-state index contributed by atoms with van der Waals surface area (Å²) in [5, 5.41) is 12.1. The van der Waals surface area contributed by atoms with Crippen molar-refractivity contribution in [1.29, 1.82) is 0 Å². The number of benzene rings is 2.